The van der Waals surface area contributed by atoms with Crippen LogP contribution < -0.4 is 5.32 Å². The first-order valence-corrected chi connectivity index (χ1v) is 6.19. The van der Waals surface area contributed by atoms with E-state index < -0.39 is 4.92 Å². The van der Waals surface area contributed by atoms with Crippen LogP contribution in [0.2, 0.25) is 0 Å². The molecule has 1 amide bonds. The van der Waals surface area contributed by atoms with Crippen LogP contribution in [0.4, 0.5) is 5.69 Å². The molecule has 1 aromatic rings. The monoisotopic (exact) mass is 282 g/mol. The van der Waals surface area contributed by atoms with E-state index in [9.17, 15) is 14.9 Å². The Morgan fingerprint density at radius 3 is 2.60 bits per heavy atom. The molecule has 7 nitrogen and oxygen atoms in total. The lowest BCUT2D eigenvalue weighted by molar-refractivity contribution is -0.384. The Kier molecular flexibility index (Phi) is 6.61. The highest BCUT2D eigenvalue weighted by atomic mass is 16.6. The van der Waals surface area contributed by atoms with Gasteiger partial charge in [0.25, 0.3) is 5.69 Å². The van der Waals surface area contributed by atoms with E-state index in [1.165, 1.54) is 19.2 Å². The molecule has 0 aromatic heterocycles. The fraction of sp³-hybridized carbons (Fsp3) is 0.462. The number of ether oxygens (including phenoxy) is 1. The molecule has 0 heterocycles. The minimum absolute atomic E-state index is 0.00769. The zero-order valence-electron chi connectivity index (χ0n) is 11.2. The molecular weight excluding hydrogens is 264 g/mol. The molecule has 0 fully saturated rings. The summed E-state index contributed by atoms with van der Waals surface area (Å²) in [6, 6.07) is 5.59. The van der Waals surface area contributed by atoms with E-state index in [1.54, 1.807) is 12.1 Å². The Labute approximate surface area is 116 Å². The molecule has 0 saturated carbocycles. The Bertz CT molecular complexity index is 441. The molecular formula is C13H18N2O5. The summed E-state index contributed by atoms with van der Waals surface area (Å²) in [5.41, 5.74) is 0.681. The first kappa shape index (κ1) is 16.1. The molecule has 7 heteroatoms. The van der Waals surface area contributed by atoms with Crippen molar-refractivity contribution in [3.05, 3.63) is 39.9 Å². The van der Waals surface area contributed by atoms with E-state index in [4.69, 9.17) is 9.84 Å². The highest BCUT2D eigenvalue weighted by molar-refractivity contribution is 5.78. The van der Waals surface area contributed by atoms with Crippen molar-refractivity contribution < 1.29 is 19.6 Å². The summed E-state index contributed by atoms with van der Waals surface area (Å²) in [5.74, 6) is -0.214. The van der Waals surface area contributed by atoms with E-state index in [0.29, 0.717) is 18.6 Å². The van der Waals surface area contributed by atoms with Crippen LogP contribution in [-0.2, 0) is 16.0 Å². The van der Waals surface area contributed by atoms with Crippen LogP contribution >= 0.6 is 0 Å². The molecule has 1 rings (SSSR count). The average Bonchev–Trinajstić information content (AvgIpc) is 2.39. The van der Waals surface area contributed by atoms with Crippen LogP contribution in [0.5, 0.6) is 0 Å². The van der Waals surface area contributed by atoms with Gasteiger partial charge in [0.15, 0.2) is 0 Å². The predicted molar refractivity (Wildman–Crippen MR) is 72.3 cm³/mol. The van der Waals surface area contributed by atoms with Gasteiger partial charge in [-0.1, -0.05) is 12.1 Å². The SMILES string of the molecule is COCC(CCO)NC(=O)Cc1ccc([N+](=O)[O-])cc1. The fourth-order valence-electron chi connectivity index (χ4n) is 1.75. The van der Waals surface area contributed by atoms with E-state index in [0.717, 1.165) is 0 Å². The number of non-ortho nitro benzene ring substituents is 1. The number of aliphatic hydroxyl groups is 1. The van der Waals surface area contributed by atoms with Crippen molar-refractivity contribution in [1.29, 1.82) is 0 Å². The minimum Gasteiger partial charge on any atom is -0.396 e. The van der Waals surface area contributed by atoms with Gasteiger partial charge >= 0.3 is 0 Å². The van der Waals surface area contributed by atoms with E-state index in [-0.39, 0.29) is 30.7 Å². The minimum atomic E-state index is -0.486. The van der Waals surface area contributed by atoms with Crippen LogP contribution in [0.1, 0.15) is 12.0 Å². The highest BCUT2D eigenvalue weighted by Crippen LogP contribution is 2.12. The number of nitro groups is 1. The van der Waals surface area contributed by atoms with Crippen molar-refractivity contribution in [3.63, 3.8) is 0 Å². The van der Waals surface area contributed by atoms with Gasteiger partial charge in [-0.15, -0.1) is 0 Å². The topological polar surface area (TPSA) is 102 Å². The second-order valence-corrected chi connectivity index (χ2v) is 4.33. The molecule has 0 bridgehead atoms. The quantitative estimate of drug-likeness (QED) is 0.538. The van der Waals surface area contributed by atoms with Crippen molar-refractivity contribution in [3.8, 4) is 0 Å². The van der Waals surface area contributed by atoms with Crippen LogP contribution in [0.15, 0.2) is 24.3 Å². The molecule has 0 aliphatic rings. The molecule has 0 aliphatic carbocycles. The third-order valence-electron chi connectivity index (χ3n) is 2.72. The summed E-state index contributed by atoms with van der Waals surface area (Å²) in [4.78, 5) is 21.8. The number of carbonyl (C=O) groups is 1. The number of carbonyl (C=O) groups excluding carboxylic acids is 1. The number of amides is 1. The standard InChI is InChI=1S/C13H18N2O5/c1-20-9-11(6-7-16)14-13(17)8-10-2-4-12(5-3-10)15(18)19/h2-5,11,16H,6-9H2,1H3,(H,14,17). The van der Waals surface area contributed by atoms with Gasteiger partial charge in [0.05, 0.1) is 24.0 Å². The Balaban J connectivity index is 2.54. The van der Waals surface area contributed by atoms with Crippen molar-refractivity contribution in [2.24, 2.45) is 0 Å². The number of aliphatic hydroxyl groups excluding tert-OH is 1. The molecule has 0 radical (unpaired) electrons. The summed E-state index contributed by atoms with van der Waals surface area (Å²) < 4.78 is 4.95. The molecule has 1 unspecified atom stereocenters. The van der Waals surface area contributed by atoms with E-state index in [2.05, 4.69) is 5.32 Å². The predicted octanol–water partition coefficient (Wildman–Crippen LogP) is 0.651. The zero-order chi connectivity index (χ0) is 15.0. The van der Waals surface area contributed by atoms with Crippen LogP contribution in [0, 0.1) is 10.1 Å². The summed E-state index contributed by atoms with van der Waals surface area (Å²) in [5, 5.41) is 22.1. The van der Waals surface area contributed by atoms with Gasteiger partial charge in [-0.25, -0.2) is 0 Å². The third kappa shape index (κ3) is 5.33. The number of nitro benzene ring substituents is 1. The zero-order valence-corrected chi connectivity index (χ0v) is 11.2. The van der Waals surface area contributed by atoms with Gasteiger partial charge in [-0.3, -0.25) is 14.9 Å². The normalized spacial score (nSPS) is 11.9. The van der Waals surface area contributed by atoms with Crippen LogP contribution in [0.25, 0.3) is 0 Å². The second-order valence-electron chi connectivity index (χ2n) is 4.33. The number of nitrogens with one attached hydrogen (secondary N) is 1. The van der Waals surface area contributed by atoms with Crippen LogP contribution in [0.3, 0.4) is 0 Å². The number of rotatable bonds is 8. The highest BCUT2D eigenvalue weighted by Gasteiger charge is 2.12. The number of methoxy groups -OCH3 is 1. The van der Waals surface area contributed by atoms with Gasteiger partial charge < -0.3 is 15.2 Å². The Morgan fingerprint density at radius 1 is 1.45 bits per heavy atom. The van der Waals surface area contributed by atoms with Crippen molar-refractivity contribution >= 4 is 11.6 Å². The van der Waals surface area contributed by atoms with Crippen molar-refractivity contribution in [1.82, 2.24) is 5.32 Å². The maximum Gasteiger partial charge on any atom is 0.269 e. The van der Waals surface area contributed by atoms with Gasteiger partial charge in [0, 0.05) is 25.8 Å². The molecule has 110 valence electrons. The molecule has 0 spiro atoms. The lowest BCUT2D eigenvalue weighted by atomic mass is 10.1. The van der Waals surface area contributed by atoms with E-state index >= 15 is 0 Å². The maximum absolute atomic E-state index is 11.8. The smallest absolute Gasteiger partial charge is 0.269 e. The number of hydrogen-bond donors (Lipinski definition) is 2. The lowest BCUT2D eigenvalue weighted by Crippen LogP contribution is -2.39. The van der Waals surface area contributed by atoms with E-state index in [1.807, 2.05) is 0 Å². The van der Waals surface area contributed by atoms with Gasteiger partial charge in [0.1, 0.15) is 0 Å². The Morgan fingerprint density at radius 2 is 2.10 bits per heavy atom. The first-order chi connectivity index (χ1) is 9.56. The molecule has 0 aliphatic heterocycles. The number of benzene rings is 1. The van der Waals surface area contributed by atoms with Crippen molar-refractivity contribution in [2.75, 3.05) is 20.3 Å². The molecule has 2 N–H and O–H groups in total. The first-order valence-electron chi connectivity index (χ1n) is 6.19. The average molecular weight is 282 g/mol. The van der Waals surface area contributed by atoms with Crippen molar-refractivity contribution in [2.45, 2.75) is 18.9 Å². The van der Waals surface area contributed by atoms with Gasteiger partial charge in [-0.05, 0) is 12.0 Å². The summed E-state index contributed by atoms with van der Waals surface area (Å²) >= 11 is 0. The second kappa shape index (κ2) is 8.23. The van der Waals surface area contributed by atoms with Gasteiger partial charge in [0.2, 0.25) is 5.91 Å². The summed E-state index contributed by atoms with van der Waals surface area (Å²) in [6.45, 7) is 0.290. The third-order valence-corrected chi connectivity index (χ3v) is 2.72. The molecule has 20 heavy (non-hydrogen) atoms. The largest absolute Gasteiger partial charge is 0.396 e. The lowest BCUT2D eigenvalue weighted by Gasteiger charge is -2.16. The number of nitrogens with zero attached hydrogens (tertiary/aromatic N) is 1. The molecule has 1 atom stereocenters. The van der Waals surface area contributed by atoms with Gasteiger partial charge in [-0.2, -0.15) is 0 Å². The molecule has 0 saturated heterocycles. The fourth-order valence-corrected chi connectivity index (χ4v) is 1.75. The summed E-state index contributed by atoms with van der Waals surface area (Å²) in [6.07, 6.45) is 0.545. The summed E-state index contributed by atoms with van der Waals surface area (Å²) in [7, 11) is 1.52. The maximum atomic E-state index is 11.8. The molecule has 1 aromatic carbocycles. The van der Waals surface area contributed by atoms with Crippen LogP contribution in [-0.4, -0.2) is 42.3 Å². The number of hydrogen-bond acceptors (Lipinski definition) is 5. The Hall–Kier alpha value is -1.99.